The molecule has 0 spiro atoms. The molecule has 3 nitrogen and oxygen atoms in total. The molecule has 3 heterocycles. The van der Waals surface area contributed by atoms with Crippen LogP contribution in [0.3, 0.4) is 0 Å². The van der Waals surface area contributed by atoms with Crippen LogP contribution in [0.5, 0.6) is 0 Å². The number of hydrogen-bond donors (Lipinski definition) is 0. The highest BCUT2D eigenvalue weighted by Crippen LogP contribution is 2.42. The van der Waals surface area contributed by atoms with Crippen molar-refractivity contribution < 1.29 is 4.42 Å². The predicted molar refractivity (Wildman–Crippen MR) is 231 cm³/mol. The van der Waals surface area contributed by atoms with E-state index in [-0.39, 0.29) is 0 Å². The summed E-state index contributed by atoms with van der Waals surface area (Å²) in [6.07, 6.45) is 0. The lowest BCUT2D eigenvalue weighted by Gasteiger charge is -2.14. The van der Waals surface area contributed by atoms with Gasteiger partial charge in [0.1, 0.15) is 11.2 Å². The van der Waals surface area contributed by atoms with Crippen LogP contribution in [0.4, 0.5) is 0 Å². The summed E-state index contributed by atoms with van der Waals surface area (Å²) in [6.45, 7) is 0. The zero-order valence-electron chi connectivity index (χ0n) is 29.8. The third-order valence-corrected chi connectivity index (χ3v) is 11.5. The fraction of sp³-hybridized carbons (Fsp3) is 0. The maximum Gasteiger partial charge on any atom is 0.143 e. The molecule has 0 aliphatic carbocycles. The van der Waals surface area contributed by atoms with Gasteiger partial charge in [-0.15, -0.1) is 0 Å². The minimum absolute atomic E-state index is 0.911. The average molecular weight is 701 g/mol. The highest BCUT2D eigenvalue weighted by Gasteiger charge is 2.19. The molecule has 0 N–H and O–H groups in total. The van der Waals surface area contributed by atoms with Crippen LogP contribution < -0.4 is 0 Å². The third kappa shape index (κ3) is 4.38. The second-order valence-electron chi connectivity index (χ2n) is 14.5. The topological polar surface area (TPSA) is 23.0 Å². The van der Waals surface area contributed by atoms with Gasteiger partial charge in [0.05, 0.1) is 27.8 Å². The molecule has 0 fully saturated rings. The SMILES string of the molecule is c1ccc(-n2c3ccccc3c3ccc(-c4ccc5c(c4)c4ccccc4n5-c4cccc5c(-c6cccc7c6oc6ccccc67)cccc45)cc32)cc1. The molecule has 0 saturated heterocycles. The van der Waals surface area contributed by atoms with E-state index in [2.05, 4.69) is 197 Å². The first-order valence-corrected chi connectivity index (χ1v) is 18.9. The first kappa shape index (κ1) is 30.1. The van der Waals surface area contributed by atoms with Crippen molar-refractivity contribution in [1.29, 1.82) is 0 Å². The molecular weight excluding hydrogens is 669 g/mol. The molecular formula is C52H32N2O. The summed E-state index contributed by atoms with van der Waals surface area (Å²) in [6, 6.07) is 70.2. The Morgan fingerprint density at radius 3 is 1.75 bits per heavy atom. The van der Waals surface area contributed by atoms with Gasteiger partial charge in [-0.1, -0.05) is 140 Å². The summed E-state index contributed by atoms with van der Waals surface area (Å²) in [5.41, 5.74) is 13.6. The summed E-state index contributed by atoms with van der Waals surface area (Å²) in [5, 5.41) is 9.66. The normalized spacial score (nSPS) is 12.0. The van der Waals surface area contributed by atoms with Gasteiger partial charge in [-0.05, 0) is 76.7 Å². The van der Waals surface area contributed by atoms with Crippen LogP contribution in [-0.4, -0.2) is 9.13 Å². The zero-order valence-corrected chi connectivity index (χ0v) is 29.8. The van der Waals surface area contributed by atoms with Gasteiger partial charge in [0.15, 0.2) is 0 Å². The summed E-state index contributed by atoms with van der Waals surface area (Å²) in [5.74, 6) is 0. The smallest absolute Gasteiger partial charge is 0.143 e. The standard InChI is InChI=1S/C52H32N2O/c1-2-13-35(14-3-1)53-46-23-7-4-15-39(46)41-29-27-34(32-50(41)53)33-28-30-49-45(31-33)40-16-5-8-24-47(40)54(49)48-25-12-19-36-37(18-10-20-38(36)48)43-21-11-22-44-42-17-6-9-26-51(42)55-52(43)44/h1-32H. The number of furan rings is 1. The number of benzene rings is 9. The molecule has 0 radical (unpaired) electrons. The van der Waals surface area contributed by atoms with E-state index in [1.165, 1.54) is 65.5 Å². The number of nitrogens with zero attached hydrogens (tertiary/aromatic N) is 2. The van der Waals surface area contributed by atoms with Gasteiger partial charge in [0.25, 0.3) is 0 Å². The lowest BCUT2D eigenvalue weighted by atomic mass is 9.96. The highest BCUT2D eigenvalue weighted by molar-refractivity contribution is 6.15. The number of para-hydroxylation sites is 5. The van der Waals surface area contributed by atoms with Crippen molar-refractivity contribution in [2.24, 2.45) is 0 Å². The van der Waals surface area contributed by atoms with E-state index in [0.29, 0.717) is 0 Å². The van der Waals surface area contributed by atoms with Crippen LogP contribution >= 0.6 is 0 Å². The monoisotopic (exact) mass is 700 g/mol. The van der Waals surface area contributed by atoms with Crippen LogP contribution in [-0.2, 0) is 0 Å². The van der Waals surface area contributed by atoms with Gasteiger partial charge in [0.2, 0.25) is 0 Å². The van der Waals surface area contributed by atoms with Crippen molar-refractivity contribution in [3.8, 4) is 33.6 Å². The van der Waals surface area contributed by atoms with Crippen LogP contribution in [0.1, 0.15) is 0 Å². The van der Waals surface area contributed by atoms with Gasteiger partial charge in [0, 0.05) is 49.0 Å². The van der Waals surface area contributed by atoms with Crippen LogP contribution in [0.15, 0.2) is 199 Å². The minimum Gasteiger partial charge on any atom is -0.455 e. The predicted octanol–water partition coefficient (Wildman–Crippen LogP) is 14.3. The molecule has 9 aromatic carbocycles. The number of fused-ring (bicyclic) bond motifs is 10. The summed E-state index contributed by atoms with van der Waals surface area (Å²) < 4.78 is 11.3. The summed E-state index contributed by atoms with van der Waals surface area (Å²) in [4.78, 5) is 0. The Labute approximate surface area is 316 Å². The van der Waals surface area contributed by atoms with Crippen molar-refractivity contribution in [3.05, 3.63) is 194 Å². The number of rotatable bonds is 4. The maximum absolute atomic E-state index is 6.51. The fourth-order valence-corrected chi connectivity index (χ4v) is 9.10. The molecule has 0 bridgehead atoms. The lowest BCUT2D eigenvalue weighted by molar-refractivity contribution is 0.670. The molecule has 0 aliphatic rings. The Kier molecular flexibility index (Phi) is 6.34. The zero-order chi connectivity index (χ0) is 36.0. The van der Waals surface area contributed by atoms with Gasteiger partial charge < -0.3 is 13.6 Å². The van der Waals surface area contributed by atoms with Gasteiger partial charge >= 0.3 is 0 Å². The average Bonchev–Trinajstić information content (AvgIpc) is 3.91. The molecule has 256 valence electrons. The van der Waals surface area contributed by atoms with Crippen molar-refractivity contribution in [2.75, 3.05) is 0 Å². The maximum atomic E-state index is 6.51. The molecule has 0 amide bonds. The van der Waals surface area contributed by atoms with Gasteiger partial charge in [-0.2, -0.15) is 0 Å². The van der Waals surface area contributed by atoms with Crippen molar-refractivity contribution in [2.45, 2.75) is 0 Å². The molecule has 3 aromatic heterocycles. The van der Waals surface area contributed by atoms with E-state index in [0.717, 1.165) is 44.4 Å². The Morgan fingerprint density at radius 1 is 0.309 bits per heavy atom. The molecule has 0 atom stereocenters. The van der Waals surface area contributed by atoms with Crippen molar-refractivity contribution >= 4 is 76.3 Å². The Bertz CT molecular complexity index is 3490. The van der Waals surface area contributed by atoms with E-state index >= 15 is 0 Å². The molecule has 55 heavy (non-hydrogen) atoms. The molecule has 0 aliphatic heterocycles. The summed E-state index contributed by atoms with van der Waals surface area (Å²) >= 11 is 0. The largest absolute Gasteiger partial charge is 0.455 e. The van der Waals surface area contributed by atoms with E-state index < -0.39 is 0 Å². The molecule has 0 unspecified atom stereocenters. The van der Waals surface area contributed by atoms with E-state index in [4.69, 9.17) is 4.42 Å². The van der Waals surface area contributed by atoms with E-state index in [1.54, 1.807) is 0 Å². The first-order chi connectivity index (χ1) is 27.3. The van der Waals surface area contributed by atoms with Gasteiger partial charge in [-0.25, -0.2) is 0 Å². The van der Waals surface area contributed by atoms with Crippen LogP contribution in [0, 0.1) is 0 Å². The molecule has 12 rings (SSSR count). The van der Waals surface area contributed by atoms with Crippen LogP contribution in [0.25, 0.3) is 110 Å². The molecule has 3 heteroatoms. The van der Waals surface area contributed by atoms with Gasteiger partial charge in [-0.3, -0.25) is 0 Å². The Hall–Kier alpha value is -7.36. The Balaban J connectivity index is 1.05. The highest BCUT2D eigenvalue weighted by atomic mass is 16.3. The lowest BCUT2D eigenvalue weighted by Crippen LogP contribution is -1.96. The van der Waals surface area contributed by atoms with Crippen LogP contribution in [0.2, 0.25) is 0 Å². The Morgan fingerprint density at radius 2 is 0.891 bits per heavy atom. The fourth-order valence-electron chi connectivity index (χ4n) is 9.10. The number of hydrogen-bond acceptors (Lipinski definition) is 1. The second-order valence-corrected chi connectivity index (χ2v) is 14.5. The second kappa shape index (κ2) is 11.6. The summed E-state index contributed by atoms with van der Waals surface area (Å²) in [7, 11) is 0. The third-order valence-electron chi connectivity index (χ3n) is 11.5. The van der Waals surface area contributed by atoms with E-state index in [1.807, 2.05) is 6.07 Å². The van der Waals surface area contributed by atoms with E-state index in [9.17, 15) is 0 Å². The quantitative estimate of drug-likeness (QED) is 0.179. The minimum atomic E-state index is 0.911. The van der Waals surface area contributed by atoms with Crippen molar-refractivity contribution in [3.63, 3.8) is 0 Å². The number of aromatic nitrogens is 2. The van der Waals surface area contributed by atoms with Crippen molar-refractivity contribution in [1.82, 2.24) is 9.13 Å². The molecule has 12 aromatic rings. The molecule has 0 saturated carbocycles. The first-order valence-electron chi connectivity index (χ1n) is 18.9.